The maximum Gasteiger partial charge on any atom is 0.281 e. The number of halogens is 4. The van der Waals surface area contributed by atoms with E-state index in [4.69, 9.17) is 9.47 Å². The molecule has 5 heterocycles. The summed E-state index contributed by atoms with van der Waals surface area (Å²) in [6.45, 7) is 0.249. The number of rotatable bonds is 7. The molecule has 13 heteroatoms. The summed E-state index contributed by atoms with van der Waals surface area (Å²) in [5.74, 6) is -2.75. The van der Waals surface area contributed by atoms with E-state index in [1.807, 2.05) is 6.07 Å². The lowest BCUT2D eigenvalue weighted by atomic mass is 10.1. The molecule has 2 fully saturated rings. The highest BCUT2D eigenvalue weighted by Crippen LogP contribution is 2.35. The van der Waals surface area contributed by atoms with Crippen LogP contribution in [0.1, 0.15) is 0 Å². The molecule has 2 aliphatic rings. The fraction of sp³-hybridized carbons (Fsp3) is 0.435. The molecule has 0 aliphatic carbocycles. The lowest BCUT2D eigenvalue weighted by Crippen LogP contribution is -2.48. The van der Waals surface area contributed by atoms with Crippen LogP contribution >= 0.6 is 0 Å². The van der Waals surface area contributed by atoms with Crippen molar-refractivity contribution in [3.8, 4) is 17.0 Å². The number of hydrogen-bond acceptors (Lipinski definition) is 7. The summed E-state index contributed by atoms with van der Waals surface area (Å²) >= 11 is 0. The summed E-state index contributed by atoms with van der Waals surface area (Å²) in [5.41, 5.74) is 3.11. The molecule has 0 bridgehead atoms. The van der Waals surface area contributed by atoms with Crippen LogP contribution in [0.15, 0.2) is 36.8 Å². The molecule has 4 aromatic rings. The Morgan fingerprint density at radius 3 is 2.81 bits per heavy atom. The van der Waals surface area contributed by atoms with Crippen LogP contribution < -0.4 is 10.1 Å². The number of fused-ring (bicyclic) bond motifs is 2. The number of alkyl halides is 4. The van der Waals surface area contributed by atoms with E-state index in [0.29, 0.717) is 35.3 Å². The number of anilines is 1. The zero-order valence-corrected chi connectivity index (χ0v) is 19.2. The number of imidazole rings is 1. The summed E-state index contributed by atoms with van der Waals surface area (Å²) in [7, 11) is 1.44. The molecule has 36 heavy (non-hydrogen) atoms. The molecule has 2 aliphatic heterocycles. The van der Waals surface area contributed by atoms with Gasteiger partial charge in [0.1, 0.15) is 11.6 Å². The van der Waals surface area contributed by atoms with E-state index < -0.39 is 24.9 Å². The Labute approximate surface area is 202 Å². The Hall–Kier alpha value is -3.45. The molecule has 190 valence electrons. The third-order valence-corrected chi connectivity index (χ3v) is 6.72. The lowest BCUT2D eigenvalue weighted by Gasteiger charge is -2.34. The second-order valence-corrected chi connectivity index (χ2v) is 9.04. The maximum absolute atomic E-state index is 14.7. The van der Waals surface area contributed by atoms with Crippen molar-refractivity contribution < 1.29 is 27.0 Å². The average Bonchev–Trinajstić information content (AvgIpc) is 3.47. The molecule has 0 amide bonds. The van der Waals surface area contributed by atoms with Crippen molar-refractivity contribution in [2.45, 2.75) is 31.0 Å². The van der Waals surface area contributed by atoms with E-state index >= 15 is 0 Å². The molecule has 9 nitrogen and oxygen atoms in total. The van der Waals surface area contributed by atoms with Gasteiger partial charge in [-0.1, -0.05) is 6.07 Å². The van der Waals surface area contributed by atoms with Crippen LogP contribution in [0.5, 0.6) is 5.88 Å². The normalized spacial score (nSPS) is 20.4. The zero-order valence-electron chi connectivity index (χ0n) is 19.2. The largest absolute Gasteiger partial charge is 0.479 e. The molecule has 2 saturated heterocycles. The van der Waals surface area contributed by atoms with Gasteiger partial charge in [-0.25, -0.2) is 27.1 Å². The zero-order chi connectivity index (χ0) is 25.0. The van der Waals surface area contributed by atoms with Gasteiger partial charge in [0.15, 0.2) is 0 Å². The van der Waals surface area contributed by atoms with Crippen LogP contribution in [-0.2, 0) is 11.3 Å². The first-order valence-corrected chi connectivity index (χ1v) is 11.5. The van der Waals surface area contributed by atoms with Gasteiger partial charge in [0.2, 0.25) is 11.8 Å². The third kappa shape index (κ3) is 3.91. The van der Waals surface area contributed by atoms with E-state index in [9.17, 15) is 17.6 Å². The molecule has 1 aromatic carbocycles. The summed E-state index contributed by atoms with van der Waals surface area (Å²) in [4.78, 5) is 10.3. The summed E-state index contributed by atoms with van der Waals surface area (Å²) in [6, 6.07) is 5.97. The number of nitrogens with zero attached hydrogens (tertiary/aromatic N) is 6. The van der Waals surface area contributed by atoms with E-state index in [1.54, 1.807) is 29.3 Å². The van der Waals surface area contributed by atoms with E-state index in [0.717, 1.165) is 5.56 Å². The summed E-state index contributed by atoms with van der Waals surface area (Å²) in [5, 5.41) is 7.18. The van der Waals surface area contributed by atoms with Gasteiger partial charge in [0.05, 0.1) is 56.8 Å². The van der Waals surface area contributed by atoms with Gasteiger partial charge in [0, 0.05) is 18.3 Å². The molecule has 1 unspecified atom stereocenters. The third-order valence-electron chi connectivity index (χ3n) is 6.72. The number of aromatic nitrogens is 5. The highest BCUT2D eigenvalue weighted by atomic mass is 19.3. The predicted octanol–water partition coefficient (Wildman–Crippen LogP) is 3.15. The van der Waals surface area contributed by atoms with Gasteiger partial charge in [-0.2, -0.15) is 4.98 Å². The second kappa shape index (κ2) is 8.59. The Balaban J connectivity index is 1.33. The van der Waals surface area contributed by atoms with Crippen molar-refractivity contribution in [2.75, 3.05) is 38.7 Å². The van der Waals surface area contributed by atoms with Gasteiger partial charge in [-0.3, -0.25) is 4.90 Å². The van der Waals surface area contributed by atoms with Gasteiger partial charge < -0.3 is 19.4 Å². The highest BCUT2D eigenvalue weighted by Gasteiger charge is 2.51. The Morgan fingerprint density at radius 1 is 1.25 bits per heavy atom. The Bertz CT molecular complexity index is 1420. The number of methoxy groups -OCH3 is 1. The number of likely N-dealkylation sites (tertiary alicyclic amines) is 1. The lowest BCUT2D eigenvalue weighted by molar-refractivity contribution is -0.0711. The maximum atomic E-state index is 14.7. The number of hydrogen-bond donors (Lipinski definition) is 1. The molecule has 3 aromatic heterocycles. The molecule has 1 N–H and O–H groups in total. The first-order valence-electron chi connectivity index (χ1n) is 11.5. The van der Waals surface area contributed by atoms with E-state index in [1.165, 1.54) is 22.5 Å². The minimum Gasteiger partial charge on any atom is -0.479 e. The van der Waals surface area contributed by atoms with Crippen molar-refractivity contribution in [1.29, 1.82) is 0 Å². The fourth-order valence-corrected chi connectivity index (χ4v) is 4.78. The average molecular weight is 505 g/mol. The Morgan fingerprint density at radius 2 is 2.08 bits per heavy atom. The van der Waals surface area contributed by atoms with Crippen molar-refractivity contribution in [1.82, 2.24) is 29.0 Å². The van der Waals surface area contributed by atoms with Gasteiger partial charge in [-0.05, 0) is 23.8 Å². The van der Waals surface area contributed by atoms with Crippen LogP contribution in [0.4, 0.5) is 23.5 Å². The standard InChI is InChI=1S/C23H23F4N7O2/c1-35-21-20-15(13-2-3-16-17(6-13)33(12-28-16)8-19(24)25)4-5-34(20)31-22(30-21)29-18-7-32(11-23(18,26)27)14-9-36-10-14/h2-6,12,14,18-19H,7-11H2,1H3,(H,29,31). The predicted molar refractivity (Wildman–Crippen MR) is 123 cm³/mol. The van der Waals surface area contributed by atoms with Crippen molar-refractivity contribution in [2.24, 2.45) is 0 Å². The van der Waals surface area contributed by atoms with Gasteiger partial charge in [0.25, 0.3) is 12.3 Å². The van der Waals surface area contributed by atoms with E-state index in [-0.39, 0.29) is 31.0 Å². The van der Waals surface area contributed by atoms with Crippen molar-refractivity contribution in [3.63, 3.8) is 0 Å². The van der Waals surface area contributed by atoms with Crippen LogP contribution in [0.25, 0.3) is 27.7 Å². The van der Waals surface area contributed by atoms with Crippen molar-refractivity contribution >= 4 is 22.5 Å². The van der Waals surface area contributed by atoms with Crippen LogP contribution in [0, 0.1) is 0 Å². The first-order chi connectivity index (χ1) is 17.3. The molecule has 0 spiro atoms. The van der Waals surface area contributed by atoms with Crippen LogP contribution in [-0.4, -0.2) is 86.9 Å². The fourth-order valence-electron chi connectivity index (χ4n) is 4.78. The quantitative estimate of drug-likeness (QED) is 0.387. The van der Waals surface area contributed by atoms with E-state index in [2.05, 4.69) is 20.4 Å². The molecular formula is C23H23F4N7O2. The minimum absolute atomic E-state index is 0.00181. The van der Waals surface area contributed by atoms with Gasteiger partial charge >= 0.3 is 0 Å². The second-order valence-electron chi connectivity index (χ2n) is 9.04. The molecular weight excluding hydrogens is 482 g/mol. The van der Waals surface area contributed by atoms with Crippen LogP contribution in [0.2, 0.25) is 0 Å². The monoisotopic (exact) mass is 505 g/mol. The topological polar surface area (TPSA) is 81.7 Å². The summed E-state index contributed by atoms with van der Waals surface area (Å²) < 4.78 is 68.9. The summed E-state index contributed by atoms with van der Waals surface area (Å²) in [6.07, 6.45) is 0.547. The first kappa shape index (κ1) is 23.0. The molecule has 6 rings (SSSR count). The molecule has 1 atom stereocenters. The van der Waals surface area contributed by atoms with Crippen molar-refractivity contribution in [3.05, 3.63) is 36.8 Å². The number of nitrogens with one attached hydrogen (secondary N) is 1. The number of ether oxygens (including phenoxy) is 2. The smallest absolute Gasteiger partial charge is 0.281 e. The van der Waals surface area contributed by atoms with Crippen LogP contribution in [0.3, 0.4) is 0 Å². The SMILES string of the molecule is COc1nc(NC2CN(C3COC3)CC2(F)F)nn2ccc(-c3ccc4ncn(CC(F)F)c4c3)c12. The molecule has 0 radical (unpaired) electrons. The Kier molecular flexibility index (Phi) is 5.48. The minimum atomic E-state index is -2.96. The van der Waals surface area contributed by atoms with Gasteiger partial charge in [-0.15, -0.1) is 5.10 Å². The number of benzene rings is 1. The highest BCUT2D eigenvalue weighted by molar-refractivity contribution is 5.89. The molecule has 0 saturated carbocycles.